The lowest BCUT2D eigenvalue weighted by Gasteiger charge is -2.38. The van der Waals surface area contributed by atoms with Crippen LogP contribution < -0.4 is 5.32 Å². The molecule has 0 radical (unpaired) electrons. The van der Waals surface area contributed by atoms with Gasteiger partial charge in [-0.1, -0.05) is 0 Å². The molecule has 1 aliphatic rings. The molecule has 116 valence electrons. The van der Waals surface area contributed by atoms with E-state index in [0.717, 1.165) is 19.3 Å². The van der Waals surface area contributed by atoms with Crippen molar-refractivity contribution in [1.29, 1.82) is 0 Å². The number of nitrogens with zero attached hydrogens (tertiary/aromatic N) is 1. The van der Waals surface area contributed by atoms with Gasteiger partial charge in [0.2, 0.25) is 0 Å². The third kappa shape index (κ3) is 4.97. The molecule has 0 aromatic heterocycles. The first-order chi connectivity index (χ1) is 9.60. The van der Waals surface area contributed by atoms with Gasteiger partial charge in [0.25, 0.3) is 0 Å². The lowest BCUT2D eigenvalue weighted by Crippen LogP contribution is -2.53. The van der Waals surface area contributed by atoms with Gasteiger partial charge in [0.1, 0.15) is 6.04 Å². The minimum absolute atomic E-state index is 0.0164. The standard InChI is InChI=1S/C13H24N2O5/c1-20-9-6-11(12(17)18)14-13(19)15(7-3-8-16)10-4-2-5-10/h10-11,16H,2-9H2,1H3,(H,14,19)(H,17,18). The normalized spacial score (nSPS) is 16.3. The fourth-order valence-corrected chi connectivity index (χ4v) is 2.11. The Labute approximate surface area is 118 Å². The Balaban J connectivity index is 2.55. The molecule has 0 spiro atoms. The van der Waals surface area contributed by atoms with Gasteiger partial charge in [-0.2, -0.15) is 0 Å². The summed E-state index contributed by atoms with van der Waals surface area (Å²) in [7, 11) is 1.49. The molecule has 0 saturated heterocycles. The van der Waals surface area contributed by atoms with Gasteiger partial charge in [0.05, 0.1) is 0 Å². The summed E-state index contributed by atoms with van der Waals surface area (Å²) in [5.41, 5.74) is 0. The Kier molecular flexibility index (Phi) is 7.32. The minimum atomic E-state index is -1.06. The van der Waals surface area contributed by atoms with E-state index in [2.05, 4.69) is 5.32 Å². The van der Waals surface area contributed by atoms with Crippen LogP contribution in [-0.2, 0) is 9.53 Å². The Morgan fingerprint density at radius 2 is 2.15 bits per heavy atom. The highest BCUT2D eigenvalue weighted by Crippen LogP contribution is 2.25. The first kappa shape index (κ1) is 16.7. The van der Waals surface area contributed by atoms with Crippen LogP contribution in [0.2, 0.25) is 0 Å². The number of carbonyl (C=O) groups is 2. The van der Waals surface area contributed by atoms with Crippen molar-refractivity contribution in [2.75, 3.05) is 26.9 Å². The highest BCUT2D eigenvalue weighted by atomic mass is 16.5. The van der Waals surface area contributed by atoms with Crippen molar-refractivity contribution in [2.45, 2.75) is 44.2 Å². The zero-order valence-electron chi connectivity index (χ0n) is 11.9. The van der Waals surface area contributed by atoms with E-state index in [1.54, 1.807) is 4.90 Å². The highest BCUT2D eigenvalue weighted by Gasteiger charge is 2.30. The number of aliphatic hydroxyl groups excluding tert-OH is 1. The van der Waals surface area contributed by atoms with Gasteiger partial charge in [0.15, 0.2) is 0 Å². The van der Waals surface area contributed by atoms with Gasteiger partial charge in [-0.05, 0) is 25.7 Å². The highest BCUT2D eigenvalue weighted by molar-refractivity contribution is 5.82. The van der Waals surface area contributed by atoms with Gasteiger partial charge < -0.3 is 25.2 Å². The van der Waals surface area contributed by atoms with Crippen molar-refractivity contribution in [1.82, 2.24) is 10.2 Å². The van der Waals surface area contributed by atoms with Gasteiger partial charge >= 0.3 is 12.0 Å². The van der Waals surface area contributed by atoms with E-state index in [4.69, 9.17) is 14.9 Å². The van der Waals surface area contributed by atoms with Crippen LogP contribution in [0.4, 0.5) is 4.79 Å². The minimum Gasteiger partial charge on any atom is -0.480 e. The number of nitrogens with one attached hydrogen (secondary N) is 1. The number of carboxylic acids is 1. The van der Waals surface area contributed by atoms with E-state index in [1.807, 2.05) is 0 Å². The van der Waals surface area contributed by atoms with E-state index in [1.165, 1.54) is 7.11 Å². The molecule has 3 N–H and O–H groups in total. The van der Waals surface area contributed by atoms with Gasteiger partial charge in [0, 0.05) is 39.3 Å². The van der Waals surface area contributed by atoms with Crippen LogP contribution in [0.1, 0.15) is 32.1 Å². The maximum atomic E-state index is 12.2. The number of rotatable bonds is 9. The Hall–Kier alpha value is -1.34. The van der Waals surface area contributed by atoms with Crippen LogP contribution >= 0.6 is 0 Å². The average molecular weight is 288 g/mol. The molecule has 0 aromatic carbocycles. The lowest BCUT2D eigenvalue weighted by molar-refractivity contribution is -0.139. The molecule has 1 atom stereocenters. The molecular formula is C13H24N2O5. The molecule has 20 heavy (non-hydrogen) atoms. The number of urea groups is 1. The number of amides is 2. The quantitative estimate of drug-likeness (QED) is 0.571. The van der Waals surface area contributed by atoms with Crippen LogP contribution in [0.25, 0.3) is 0 Å². The van der Waals surface area contributed by atoms with Gasteiger partial charge in [-0.15, -0.1) is 0 Å². The molecule has 0 aliphatic heterocycles. The third-order valence-electron chi connectivity index (χ3n) is 3.54. The predicted molar refractivity (Wildman–Crippen MR) is 72.5 cm³/mol. The van der Waals surface area contributed by atoms with Crippen LogP contribution in [0.3, 0.4) is 0 Å². The largest absolute Gasteiger partial charge is 0.480 e. The third-order valence-corrected chi connectivity index (χ3v) is 3.54. The van der Waals surface area contributed by atoms with Crippen molar-refractivity contribution < 1.29 is 24.5 Å². The van der Waals surface area contributed by atoms with Crippen molar-refractivity contribution >= 4 is 12.0 Å². The summed E-state index contributed by atoms with van der Waals surface area (Å²) in [6, 6.07) is -1.15. The van der Waals surface area contributed by atoms with Crippen molar-refractivity contribution in [3.8, 4) is 0 Å². The average Bonchev–Trinajstić information content (AvgIpc) is 2.36. The Morgan fingerprint density at radius 3 is 2.60 bits per heavy atom. The molecule has 1 fully saturated rings. The summed E-state index contributed by atoms with van der Waals surface area (Å²) >= 11 is 0. The van der Waals surface area contributed by atoms with Crippen molar-refractivity contribution in [2.24, 2.45) is 0 Å². The summed E-state index contributed by atoms with van der Waals surface area (Å²) in [6.07, 6.45) is 3.69. The van der Waals surface area contributed by atoms with E-state index >= 15 is 0 Å². The number of carboxylic acid groups (broad SMARTS) is 1. The van der Waals surface area contributed by atoms with E-state index in [9.17, 15) is 9.59 Å². The summed E-state index contributed by atoms with van der Waals surface area (Å²) in [4.78, 5) is 24.9. The summed E-state index contributed by atoms with van der Waals surface area (Å²) in [6.45, 7) is 0.740. The number of ether oxygens (including phenoxy) is 1. The lowest BCUT2D eigenvalue weighted by atomic mass is 9.91. The number of aliphatic carboxylic acids is 1. The van der Waals surface area contributed by atoms with Gasteiger partial charge in [-0.25, -0.2) is 9.59 Å². The maximum Gasteiger partial charge on any atom is 0.326 e. The molecular weight excluding hydrogens is 264 g/mol. The fourth-order valence-electron chi connectivity index (χ4n) is 2.11. The Bertz CT molecular complexity index is 320. The summed E-state index contributed by atoms with van der Waals surface area (Å²) in [5, 5.41) is 20.5. The topological polar surface area (TPSA) is 99.1 Å². The first-order valence-corrected chi connectivity index (χ1v) is 7.00. The van der Waals surface area contributed by atoms with E-state index < -0.39 is 12.0 Å². The van der Waals surface area contributed by atoms with Crippen LogP contribution in [0.5, 0.6) is 0 Å². The smallest absolute Gasteiger partial charge is 0.326 e. The predicted octanol–water partition coefficient (Wildman–Crippen LogP) is 0.423. The number of hydrogen-bond acceptors (Lipinski definition) is 4. The molecule has 1 saturated carbocycles. The molecule has 0 aromatic rings. The maximum absolute atomic E-state index is 12.2. The van der Waals surface area contributed by atoms with Crippen molar-refractivity contribution in [3.63, 3.8) is 0 Å². The Morgan fingerprint density at radius 1 is 1.45 bits per heavy atom. The zero-order chi connectivity index (χ0) is 15.0. The number of hydrogen-bond donors (Lipinski definition) is 3. The SMILES string of the molecule is COCCC(NC(=O)N(CCCO)C1CCC1)C(=O)O. The van der Waals surface area contributed by atoms with Gasteiger partial charge in [-0.3, -0.25) is 0 Å². The molecule has 7 heteroatoms. The van der Waals surface area contributed by atoms with Crippen LogP contribution in [0.15, 0.2) is 0 Å². The van der Waals surface area contributed by atoms with Crippen LogP contribution in [0, 0.1) is 0 Å². The molecule has 2 amide bonds. The second-order valence-electron chi connectivity index (χ2n) is 4.98. The number of aliphatic hydroxyl groups is 1. The van der Waals surface area contributed by atoms with Crippen LogP contribution in [-0.4, -0.2) is 66.1 Å². The molecule has 0 bridgehead atoms. The first-order valence-electron chi connectivity index (χ1n) is 7.00. The molecule has 1 rings (SSSR count). The fraction of sp³-hybridized carbons (Fsp3) is 0.846. The number of carbonyl (C=O) groups excluding carboxylic acids is 1. The second kappa shape index (κ2) is 8.76. The zero-order valence-corrected chi connectivity index (χ0v) is 11.9. The molecule has 1 unspecified atom stereocenters. The van der Waals surface area contributed by atoms with Crippen molar-refractivity contribution in [3.05, 3.63) is 0 Å². The summed E-state index contributed by atoms with van der Waals surface area (Å²) < 4.78 is 4.85. The molecule has 0 heterocycles. The molecule has 1 aliphatic carbocycles. The summed E-state index contributed by atoms with van der Waals surface area (Å²) in [5.74, 6) is -1.06. The van der Waals surface area contributed by atoms with E-state index in [-0.39, 0.29) is 31.7 Å². The van der Waals surface area contributed by atoms with E-state index in [0.29, 0.717) is 13.0 Å². The number of methoxy groups -OCH3 is 1. The monoisotopic (exact) mass is 288 g/mol. The second-order valence-corrected chi connectivity index (χ2v) is 4.98. The molecule has 7 nitrogen and oxygen atoms in total.